The maximum absolute atomic E-state index is 11.7. The van der Waals surface area contributed by atoms with Crippen molar-refractivity contribution in [3.63, 3.8) is 0 Å². The number of hydrogen-bond acceptors (Lipinski definition) is 8. The molecule has 3 aliphatic heterocycles. The standard InChI is InChI=1S/C26H45N5O5S/c32-22-13-14-23(33)31(22)36-24(34)12-6-4-10-18-28-16-8-2-1-7-15-27-17-9-3-5-11-21-25-20(19-37-21)29-26(35)30-25/h20-21,25,27-28H,1-19H2,(H2,29,30,35)/t20-,21-,25-/m0/s1. The number of hydrogen-bond donors (Lipinski definition) is 4. The molecule has 4 amide bonds. The van der Waals surface area contributed by atoms with E-state index < -0.39 is 17.8 Å². The fourth-order valence-electron chi connectivity index (χ4n) is 5.02. The van der Waals surface area contributed by atoms with Crippen molar-refractivity contribution in [3.8, 4) is 0 Å². The molecule has 0 bridgehead atoms. The van der Waals surface area contributed by atoms with Gasteiger partial charge in [0.05, 0.1) is 12.1 Å². The number of carbonyl (C=O) groups excluding carboxylic acids is 4. The fourth-order valence-corrected chi connectivity index (χ4v) is 6.56. The van der Waals surface area contributed by atoms with E-state index in [0.29, 0.717) is 28.8 Å². The number of rotatable bonds is 20. The summed E-state index contributed by atoms with van der Waals surface area (Å²) in [5.41, 5.74) is 0. The Balaban J connectivity index is 0.994. The van der Waals surface area contributed by atoms with Crippen LogP contribution in [0.3, 0.4) is 0 Å². The molecule has 3 saturated heterocycles. The third kappa shape index (κ3) is 10.8. The predicted molar refractivity (Wildman–Crippen MR) is 144 cm³/mol. The van der Waals surface area contributed by atoms with Crippen LogP contribution in [-0.4, -0.2) is 78.1 Å². The molecule has 3 heterocycles. The van der Waals surface area contributed by atoms with Gasteiger partial charge in [-0.2, -0.15) is 11.8 Å². The molecular weight excluding hydrogens is 494 g/mol. The molecule has 0 aliphatic carbocycles. The molecule has 10 nitrogen and oxygen atoms in total. The number of thioether (sulfide) groups is 1. The van der Waals surface area contributed by atoms with Gasteiger partial charge < -0.3 is 26.1 Å². The number of nitrogens with zero attached hydrogens (tertiary/aromatic N) is 1. The largest absolute Gasteiger partial charge is 0.333 e. The van der Waals surface area contributed by atoms with Gasteiger partial charge in [0.25, 0.3) is 11.8 Å². The van der Waals surface area contributed by atoms with Crippen molar-refractivity contribution in [2.75, 3.05) is 31.9 Å². The van der Waals surface area contributed by atoms with Gasteiger partial charge in [-0.25, -0.2) is 9.59 Å². The van der Waals surface area contributed by atoms with E-state index in [4.69, 9.17) is 4.84 Å². The minimum Gasteiger partial charge on any atom is -0.332 e. The Hall–Kier alpha value is -1.85. The lowest BCUT2D eigenvalue weighted by Gasteiger charge is -2.16. The van der Waals surface area contributed by atoms with E-state index in [2.05, 4.69) is 21.3 Å². The van der Waals surface area contributed by atoms with Crippen molar-refractivity contribution in [2.24, 2.45) is 0 Å². The highest BCUT2D eigenvalue weighted by atomic mass is 32.2. The molecule has 3 fully saturated rings. The number of urea groups is 1. The minimum absolute atomic E-state index is 0.00419. The van der Waals surface area contributed by atoms with Gasteiger partial charge in [0, 0.05) is 30.3 Å². The second-order valence-corrected chi connectivity index (χ2v) is 11.5. The summed E-state index contributed by atoms with van der Waals surface area (Å²) in [5, 5.41) is 14.3. The minimum atomic E-state index is -0.512. The molecule has 0 aromatic heterocycles. The van der Waals surface area contributed by atoms with E-state index in [0.717, 1.165) is 44.8 Å². The zero-order valence-corrected chi connectivity index (χ0v) is 22.9. The highest BCUT2D eigenvalue weighted by Gasteiger charge is 2.42. The fraction of sp³-hybridized carbons (Fsp3) is 0.846. The number of amides is 4. The number of imide groups is 1. The molecule has 11 heteroatoms. The van der Waals surface area contributed by atoms with E-state index in [9.17, 15) is 19.2 Å². The van der Waals surface area contributed by atoms with Crippen LogP contribution in [0.1, 0.15) is 89.9 Å². The molecule has 210 valence electrons. The summed E-state index contributed by atoms with van der Waals surface area (Å²) in [4.78, 5) is 50.9. The summed E-state index contributed by atoms with van der Waals surface area (Å²) < 4.78 is 0. The van der Waals surface area contributed by atoms with Crippen molar-refractivity contribution >= 4 is 35.6 Å². The first kappa shape index (κ1) is 29.7. The number of fused-ring (bicyclic) bond motifs is 1. The molecule has 3 aliphatic rings. The van der Waals surface area contributed by atoms with Crippen LogP contribution < -0.4 is 21.3 Å². The van der Waals surface area contributed by atoms with Crippen molar-refractivity contribution in [3.05, 3.63) is 0 Å². The Kier molecular flexibility index (Phi) is 13.6. The first-order valence-corrected chi connectivity index (χ1v) is 15.3. The van der Waals surface area contributed by atoms with Crippen molar-refractivity contribution in [2.45, 2.75) is 107 Å². The van der Waals surface area contributed by atoms with E-state index in [1.54, 1.807) is 0 Å². The highest BCUT2D eigenvalue weighted by Crippen LogP contribution is 2.33. The quantitative estimate of drug-likeness (QED) is 0.106. The number of hydroxylamine groups is 2. The second kappa shape index (κ2) is 16.9. The highest BCUT2D eigenvalue weighted by molar-refractivity contribution is 8.00. The van der Waals surface area contributed by atoms with Crippen LogP contribution in [0, 0.1) is 0 Å². The first-order valence-electron chi connectivity index (χ1n) is 14.2. The zero-order chi connectivity index (χ0) is 26.3. The Morgan fingerprint density at radius 3 is 2.00 bits per heavy atom. The SMILES string of the molecule is O=C1N[C@H]2[C@H](CS[C@H]2CCCCCNCCCCCCNCCCCCC(=O)ON2C(=O)CCC2=O)N1. The normalized spacial score (nSPS) is 22.9. The summed E-state index contributed by atoms with van der Waals surface area (Å²) >= 11 is 2.00. The Bertz CT molecular complexity index is 739. The third-order valence-corrected chi connectivity index (χ3v) is 8.68. The lowest BCUT2D eigenvalue weighted by molar-refractivity contribution is -0.197. The van der Waals surface area contributed by atoms with Crippen LogP contribution in [0.25, 0.3) is 0 Å². The molecule has 37 heavy (non-hydrogen) atoms. The van der Waals surface area contributed by atoms with E-state index in [1.165, 1.54) is 51.4 Å². The molecule has 3 rings (SSSR count). The van der Waals surface area contributed by atoms with Crippen LogP contribution in [-0.2, 0) is 19.2 Å². The monoisotopic (exact) mass is 539 g/mol. The first-order chi connectivity index (χ1) is 18.0. The smallest absolute Gasteiger partial charge is 0.332 e. The third-order valence-electron chi connectivity index (χ3n) is 7.17. The van der Waals surface area contributed by atoms with Gasteiger partial charge in [0.2, 0.25) is 0 Å². The number of carbonyl (C=O) groups is 4. The van der Waals surface area contributed by atoms with Crippen molar-refractivity contribution in [1.29, 1.82) is 0 Å². The van der Waals surface area contributed by atoms with Crippen molar-refractivity contribution in [1.82, 2.24) is 26.3 Å². The number of nitrogens with one attached hydrogen (secondary N) is 4. The molecule has 4 N–H and O–H groups in total. The van der Waals surface area contributed by atoms with E-state index >= 15 is 0 Å². The van der Waals surface area contributed by atoms with Gasteiger partial charge in [-0.05, 0) is 64.7 Å². The molecule has 0 aromatic carbocycles. The Morgan fingerprint density at radius 2 is 1.38 bits per heavy atom. The van der Waals surface area contributed by atoms with Crippen LogP contribution in [0.4, 0.5) is 4.79 Å². The van der Waals surface area contributed by atoms with Gasteiger partial charge >= 0.3 is 12.0 Å². The van der Waals surface area contributed by atoms with Crippen LogP contribution in [0.5, 0.6) is 0 Å². The molecule has 0 unspecified atom stereocenters. The molecule has 0 spiro atoms. The average Bonchev–Trinajstić information content (AvgIpc) is 3.53. The van der Waals surface area contributed by atoms with Gasteiger partial charge in [-0.15, -0.1) is 5.06 Å². The van der Waals surface area contributed by atoms with Crippen LogP contribution in [0.15, 0.2) is 0 Å². The second-order valence-electron chi connectivity index (χ2n) is 10.2. The molecule has 0 saturated carbocycles. The molecule has 3 atom stereocenters. The van der Waals surface area contributed by atoms with Crippen molar-refractivity contribution < 1.29 is 24.0 Å². The zero-order valence-electron chi connectivity index (χ0n) is 22.1. The summed E-state index contributed by atoms with van der Waals surface area (Å²) in [7, 11) is 0. The molecular formula is C26H45N5O5S. The Labute approximate surface area is 225 Å². The maximum atomic E-state index is 11.7. The maximum Gasteiger partial charge on any atom is 0.333 e. The van der Waals surface area contributed by atoms with Gasteiger partial charge in [-0.3, -0.25) is 9.59 Å². The average molecular weight is 540 g/mol. The van der Waals surface area contributed by atoms with Crippen LogP contribution >= 0.6 is 11.8 Å². The number of unbranched alkanes of at least 4 members (excludes halogenated alkanes) is 7. The summed E-state index contributed by atoms with van der Waals surface area (Å²) in [6.07, 6.45) is 12.9. The lowest BCUT2D eigenvalue weighted by atomic mass is 10.0. The molecule has 0 radical (unpaired) electrons. The van der Waals surface area contributed by atoms with E-state index in [1.807, 2.05) is 11.8 Å². The van der Waals surface area contributed by atoms with E-state index in [-0.39, 0.29) is 25.3 Å². The van der Waals surface area contributed by atoms with Gasteiger partial charge in [-0.1, -0.05) is 32.1 Å². The van der Waals surface area contributed by atoms with Gasteiger partial charge in [0.15, 0.2) is 0 Å². The van der Waals surface area contributed by atoms with Crippen LogP contribution in [0.2, 0.25) is 0 Å². The summed E-state index contributed by atoms with van der Waals surface area (Å²) in [5.74, 6) is -0.334. The summed E-state index contributed by atoms with van der Waals surface area (Å²) in [6, 6.07) is 0.668. The Morgan fingerprint density at radius 1 is 0.811 bits per heavy atom. The lowest BCUT2D eigenvalue weighted by Crippen LogP contribution is -2.36. The topological polar surface area (TPSA) is 129 Å². The molecule has 0 aromatic rings. The van der Waals surface area contributed by atoms with Gasteiger partial charge in [0.1, 0.15) is 0 Å². The predicted octanol–water partition coefficient (Wildman–Crippen LogP) is 2.62. The summed E-state index contributed by atoms with van der Waals surface area (Å²) in [6.45, 7) is 4.15.